The molecule has 1 aliphatic heterocycles. The van der Waals surface area contributed by atoms with Crippen molar-refractivity contribution in [2.75, 3.05) is 18.0 Å². The van der Waals surface area contributed by atoms with Crippen molar-refractivity contribution in [3.63, 3.8) is 0 Å². The van der Waals surface area contributed by atoms with Gasteiger partial charge in [-0.15, -0.1) is 0 Å². The van der Waals surface area contributed by atoms with Crippen LogP contribution in [0.25, 0.3) is 0 Å². The fourth-order valence-electron chi connectivity index (χ4n) is 2.76. The summed E-state index contributed by atoms with van der Waals surface area (Å²) < 4.78 is 27.3. The molecule has 21 heavy (non-hydrogen) atoms. The van der Waals surface area contributed by atoms with E-state index in [0.717, 1.165) is 12.5 Å². The van der Waals surface area contributed by atoms with Crippen LogP contribution in [0.5, 0.6) is 0 Å². The monoisotopic (exact) mass is 296 g/mol. The summed E-state index contributed by atoms with van der Waals surface area (Å²) in [5, 5.41) is 2.99. The van der Waals surface area contributed by atoms with E-state index in [0.29, 0.717) is 19.0 Å². The van der Waals surface area contributed by atoms with Crippen LogP contribution in [0.15, 0.2) is 18.2 Å². The number of nitrogens with one attached hydrogen (secondary N) is 1. The van der Waals surface area contributed by atoms with Crippen LogP contribution in [-0.2, 0) is 4.79 Å². The van der Waals surface area contributed by atoms with E-state index in [4.69, 9.17) is 0 Å². The molecule has 1 N–H and O–H groups in total. The van der Waals surface area contributed by atoms with Crippen molar-refractivity contribution in [2.45, 2.75) is 33.2 Å². The summed E-state index contributed by atoms with van der Waals surface area (Å²) >= 11 is 0. The van der Waals surface area contributed by atoms with Gasteiger partial charge in [0.15, 0.2) is 11.6 Å². The zero-order valence-electron chi connectivity index (χ0n) is 12.7. The highest BCUT2D eigenvalue weighted by molar-refractivity contribution is 5.78. The number of hydrogen-bond acceptors (Lipinski definition) is 2. The van der Waals surface area contributed by atoms with E-state index >= 15 is 0 Å². The third-order valence-electron chi connectivity index (χ3n) is 3.80. The molecule has 1 aromatic rings. The highest BCUT2D eigenvalue weighted by Crippen LogP contribution is 2.27. The SMILES string of the molecule is CC1CC(NC(=O)C(C)C)CN(c2cccc(F)c2F)C1. The highest BCUT2D eigenvalue weighted by atomic mass is 19.2. The summed E-state index contributed by atoms with van der Waals surface area (Å²) in [4.78, 5) is 13.6. The van der Waals surface area contributed by atoms with Gasteiger partial charge in [-0.25, -0.2) is 8.78 Å². The molecule has 0 saturated carbocycles. The smallest absolute Gasteiger partial charge is 0.222 e. The van der Waals surface area contributed by atoms with Crippen LogP contribution in [0.1, 0.15) is 27.2 Å². The van der Waals surface area contributed by atoms with Crippen LogP contribution in [0, 0.1) is 23.5 Å². The average Bonchev–Trinajstić information content (AvgIpc) is 2.41. The molecule has 1 aromatic carbocycles. The summed E-state index contributed by atoms with van der Waals surface area (Å²) in [6.45, 7) is 6.90. The van der Waals surface area contributed by atoms with Crippen LogP contribution in [0.2, 0.25) is 0 Å². The molecular weight excluding hydrogens is 274 g/mol. The van der Waals surface area contributed by atoms with Gasteiger partial charge in [-0.3, -0.25) is 4.79 Å². The number of anilines is 1. The van der Waals surface area contributed by atoms with E-state index in [1.807, 2.05) is 18.7 Å². The topological polar surface area (TPSA) is 32.3 Å². The number of benzene rings is 1. The quantitative estimate of drug-likeness (QED) is 0.930. The average molecular weight is 296 g/mol. The molecule has 0 aromatic heterocycles. The Kier molecular flexibility index (Phi) is 4.80. The number of hydrogen-bond donors (Lipinski definition) is 1. The Morgan fingerprint density at radius 1 is 1.33 bits per heavy atom. The van der Waals surface area contributed by atoms with Crippen molar-refractivity contribution in [3.05, 3.63) is 29.8 Å². The van der Waals surface area contributed by atoms with E-state index in [1.165, 1.54) is 6.07 Å². The van der Waals surface area contributed by atoms with Crippen molar-refractivity contribution in [1.29, 1.82) is 0 Å². The largest absolute Gasteiger partial charge is 0.367 e. The Labute approximate surface area is 124 Å². The minimum absolute atomic E-state index is 0.00577. The Bertz CT molecular complexity index is 519. The van der Waals surface area contributed by atoms with Gasteiger partial charge in [0.25, 0.3) is 0 Å². The number of halogens is 2. The first kappa shape index (κ1) is 15.7. The van der Waals surface area contributed by atoms with Gasteiger partial charge < -0.3 is 10.2 Å². The lowest BCUT2D eigenvalue weighted by Crippen LogP contribution is -2.51. The second-order valence-electron chi connectivity index (χ2n) is 6.18. The van der Waals surface area contributed by atoms with Crippen LogP contribution >= 0.6 is 0 Å². The van der Waals surface area contributed by atoms with Crippen molar-refractivity contribution < 1.29 is 13.6 Å². The van der Waals surface area contributed by atoms with E-state index in [9.17, 15) is 13.6 Å². The summed E-state index contributed by atoms with van der Waals surface area (Å²) in [7, 11) is 0. The van der Waals surface area contributed by atoms with Crippen molar-refractivity contribution >= 4 is 11.6 Å². The Hall–Kier alpha value is -1.65. The predicted molar refractivity (Wildman–Crippen MR) is 79.1 cm³/mol. The first-order valence-electron chi connectivity index (χ1n) is 7.37. The number of carbonyl (C=O) groups is 1. The van der Waals surface area contributed by atoms with Crippen molar-refractivity contribution in [1.82, 2.24) is 5.32 Å². The predicted octanol–water partition coefficient (Wildman–Crippen LogP) is 2.95. The van der Waals surface area contributed by atoms with Gasteiger partial charge in [0, 0.05) is 25.0 Å². The molecular formula is C16H22F2N2O. The Morgan fingerprint density at radius 2 is 2.05 bits per heavy atom. The molecule has 1 aliphatic rings. The van der Waals surface area contributed by atoms with Crippen LogP contribution < -0.4 is 10.2 Å². The standard InChI is InChI=1S/C16H22F2N2O/c1-10(2)16(21)19-12-7-11(3)8-20(9-12)14-6-4-5-13(17)15(14)18/h4-6,10-12H,7-9H2,1-3H3,(H,19,21). The molecule has 0 radical (unpaired) electrons. The maximum absolute atomic E-state index is 13.9. The van der Waals surface area contributed by atoms with Gasteiger partial charge in [0.2, 0.25) is 5.91 Å². The van der Waals surface area contributed by atoms with E-state index in [2.05, 4.69) is 12.2 Å². The van der Waals surface area contributed by atoms with E-state index in [-0.39, 0.29) is 23.6 Å². The molecule has 5 heteroatoms. The van der Waals surface area contributed by atoms with Crippen molar-refractivity contribution in [2.24, 2.45) is 11.8 Å². The fraction of sp³-hybridized carbons (Fsp3) is 0.562. The highest BCUT2D eigenvalue weighted by Gasteiger charge is 2.28. The molecule has 2 unspecified atom stereocenters. The van der Waals surface area contributed by atoms with Crippen LogP contribution in [0.4, 0.5) is 14.5 Å². The van der Waals surface area contributed by atoms with Gasteiger partial charge >= 0.3 is 0 Å². The maximum atomic E-state index is 13.9. The molecule has 2 atom stereocenters. The second-order valence-corrected chi connectivity index (χ2v) is 6.18. The zero-order chi connectivity index (χ0) is 15.6. The lowest BCUT2D eigenvalue weighted by atomic mass is 9.95. The van der Waals surface area contributed by atoms with Gasteiger partial charge in [0.1, 0.15) is 0 Å². The summed E-state index contributed by atoms with van der Waals surface area (Å²) in [6, 6.07) is 4.17. The zero-order valence-corrected chi connectivity index (χ0v) is 12.7. The third-order valence-corrected chi connectivity index (χ3v) is 3.80. The van der Waals surface area contributed by atoms with Crippen LogP contribution in [0.3, 0.4) is 0 Å². The molecule has 0 spiro atoms. The molecule has 0 bridgehead atoms. The number of rotatable bonds is 3. The number of carbonyl (C=O) groups excluding carboxylic acids is 1. The molecule has 2 rings (SSSR count). The summed E-state index contributed by atoms with van der Waals surface area (Å²) in [5.41, 5.74) is 0.269. The molecule has 0 aliphatic carbocycles. The molecule has 1 heterocycles. The lowest BCUT2D eigenvalue weighted by Gasteiger charge is -2.38. The number of amides is 1. The normalized spacial score (nSPS) is 22.5. The first-order chi connectivity index (χ1) is 9.88. The first-order valence-corrected chi connectivity index (χ1v) is 7.37. The molecule has 3 nitrogen and oxygen atoms in total. The van der Waals surface area contributed by atoms with Crippen molar-refractivity contribution in [3.8, 4) is 0 Å². The Morgan fingerprint density at radius 3 is 2.71 bits per heavy atom. The molecule has 1 amide bonds. The maximum Gasteiger partial charge on any atom is 0.222 e. The fourth-order valence-corrected chi connectivity index (χ4v) is 2.76. The summed E-state index contributed by atoms with van der Waals surface area (Å²) in [5.74, 6) is -1.44. The second kappa shape index (κ2) is 6.41. The number of nitrogens with zero attached hydrogens (tertiary/aromatic N) is 1. The minimum atomic E-state index is -0.839. The summed E-state index contributed by atoms with van der Waals surface area (Å²) in [6.07, 6.45) is 0.853. The minimum Gasteiger partial charge on any atom is -0.367 e. The lowest BCUT2D eigenvalue weighted by molar-refractivity contribution is -0.124. The van der Waals surface area contributed by atoms with Gasteiger partial charge in [-0.05, 0) is 24.5 Å². The number of piperidine rings is 1. The van der Waals surface area contributed by atoms with Crippen LogP contribution in [-0.4, -0.2) is 25.0 Å². The van der Waals surface area contributed by atoms with Gasteiger partial charge in [0.05, 0.1) is 5.69 Å². The van der Waals surface area contributed by atoms with E-state index in [1.54, 1.807) is 6.07 Å². The Balaban J connectivity index is 2.14. The third kappa shape index (κ3) is 3.71. The molecule has 1 saturated heterocycles. The van der Waals surface area contributed by atoms with Gasteiger partial charge in [-0.1, -0.05) is 26.8 Å². The molecule has 1 fully saturated rings. The van der Waals surface area contributed by atoms with Gasteiger partial charge in [-0.2, -0.15) is 0 Å². The molecule has 116 valence electrons. The van der Waals surface area contributed by atoms with E-state index < -0.39 is 11.6 Å².